The van der Waals surface area contributed by atoms with E-state index in [1.165, 1.54) is 19.1 Å². The van der Waals surface area contributed by atoms with Crippen LogP contribution in [0.1, 0.15) is 12.5 Å². The molecule has 152 valence electrons. The lowest BCUT2D eigenvalue weighted by Gasteiger charge is -2.40. The van der Waals surface area contributed by atoms with Gasteiger partial charge in [0.15, 0.2) is 0 Å². The number of hydrogen-bond donors (Lipinski definition) is 1. The van der Waals surface area contributed by atoms with Crippen LogP contribution in [0.4, 0.5) is 10.1 Å². The van der Waals surface area contributed by atoms with Crippen molar-refractivity contribution in [3.05, 3.63) is 58.9 Å². The van der Waals surface area contributed by atoms with Crippen LogP contribution >= 0.6 is 11.6 Å². The number of amides is 2. The van der Waals surface area contributed by atoms with Crippen LogP contribution in [0.15, 0.2) is 42.5 Å². The van der Waals surface area contributed by atoms with E-state index in [-0.39, 0.29) is 11.7 Å². The van der Waals surface area contributed by atoms with Gasteiger partial charge in [-0.15, -0.1) is 0 Å². The monoisotopic (exact) mass is 417 g/mol. The lowest BCUT2D eigenvalue weighted by Crippen LogP contribution is -2.62. The minimum Gasteiger partial charge on any atom is -0.466 e. The molecule has 1 atom stereocenters. The van der Waals surface area contributed by atoms with Crippen molar-refractivity contribution in [2.75, 3.05) is 31.5 Å². The van der Waals surface area contributed by atoms with Gasteiger partial charge in [0, 0.05) is 37.7 Å². The molecule has 0 bridgehead atoms. The van der Waals surface area contributed by atoms with Crippen molar-refractivity contribution in [1.29, 1.82) is 0 Å². The van der Waals surface area contributed by atoms with Crippen LogP contribution in [0.5, 0.6) is 5.75 Å². The van der Waals surface area contributed by atoms with Gasteiger partial charge >= 0.3 is 0 Å². The summed E-state index contributed by atoms with van der Waals surface area (Å²) in [7, 11) is 0. The first kappa shape index (κ1) is 19.7. The van der Waals surface area contributed by atoms with Crippen LogP contribution in [0.2, 0.25) is 5.02 Å². The molecule has 6 nitrogen and oxygen atoms in total. The number of carbonyl (C=O) groups is 2. The second-order valence-corrected chi connectivity index (χ2v) is 7.86. The Kier molecular flexibility index (Phi) is 5.19. The molecule has 0 saturated carbocycles. The van der Waals surface area contributed by atoms with Crippen LogP contribution in [0, 0.1) is 5.82 Å². The van der Waals surface area contributed by atoms with E-state index in [1.54, 1.807) is 35.2 Å². The predicted octanol–water partition coefficient (Wildman–Crippen LogP) is 2.91. The summed E-state index contributed by atoms with van der Waals surface area (Å²) >= 11 is 5.95. The maximum Gasteiger partial charge on any atom is 0.278 e. The molecule has 2 aromatic carbocycles. The largest absolute Gasteiger partial charge is 0.466 e. The average Bonchev–Trinajstić information content (AvgIpc) is 2.71. The highest BCUT2D eigenvalue weighted by atomic mass is 35.5. The number of carbonyl (C=O) groups excluding carboxylic acids is 2. The average molecular weight is 418 g/mol. The van der Waals surface area contributed by atoms with Gasteiger partial charge in [0.2, 0.25) is 0 Å². The summed E-state index contributed by atoms with van der Waals surface area (Å²) in [5.41, 5.74) is -0.153. The summed E-state index contributed by atoms with van der Waals surface area (Å²) in [6, 6.07) is 11.3. The Morgan fingerprint density at radius 3 is 2.55 bits per heavy atom. The molecule has 0 aliphatic carbocycles. The molecule has 1 unspecified atom stereocenters. The Balaban J connectivity index is 1.40. The number of benzene rings is 2. The molecule has 1 saturated heterocycles. The fourth-order valence-corrected chi connectivity index (χ4v) is 3.77. The van der Waals surface area contributed by atoms with Gasteiger partial charge in [-0.05, 0) is 42.8 Å². The normalized spacial score (nSPS) is 21.9. The number of nitrogens with zero attached hydrogens (tertiary/aromatic N) is 2. The molecular formula is C21H21ClFN3O3. The molecule has 0 radical (unpaired) electrons. The predicted molar refractivity (Wildman–Crippen MR) is 107 cm³/mol. The summed E-state index contributed by atoms with van der Waals surface area (Å²) in [5, 5.41) is 3.19. The van der Waals surface area contributed by atoms with E-state index in [4.69, 9.17) is 16.3 Å². The highest BCUT2D eigenvalue weighted by Crippen LogP contribution is 2.36. The van der Waals surface area contributed by atoms with Crippen LogP contribution in [0.3, 0.4) is 0 Å². The Morgan fingerprint density at radius 1 is 1.17 bits per heavy atom. The van der Waals surface area contributed by atoms with E-state index >= 15 is 0 Å². The number of nitrogens with one attached hydrogen (secondary N) is 1. The number of hydrogen-bond acceptors (Lipinski definition) is 4. The zero-order valence-electron chi connectivity index (χ0n) is 16.0. The SMILES string of the molecule is CC1(C(=O)N2CCN(Cc3ccc(F)cc3)CC2)Oc2ccc(Cl)cc2NC1=O. The Labute approximate surface area is 173 Å². The quantitative estimate of drug-likeness (QED) is 0.780. The number of fused-ring (bicyclic) bond motifs is 1. The first-order valence-electron chi connectivity index (χ1n) is 9.41. The number of rotatable bonds is 3. The van der Waals surface area contributed by atoms with Crippen molar-refractivity contribution in [2.24, 2.45) is 0 Å². The van der Waals surface area contributed by atoms with Crippen molar-refractivity contribution in [3.8, 4) is 5.75 Å². The zero-order chi connectivity index (χ0) is 20.6. The summed E-state index contributed by atoms with van der Waals surface area (Å²) in [5.74, 6) is -0.713. The molecule has 2 aliphatic rings. The van der Waals surface area contributed by atoms with Gasteiger partial charge in [-0.3, -0.25) is 14.5 Å². The lowest BCUT2D eigenvalue weighted by atomic mass is 10.00. The topological polar surface area (TPSA) is 61.9 Å². The number of ether oxygens (including phenoxy) is 1. The van der Waals surface area contributed by atoms with Crippen LogP contribution < -0.4 is 10.1 Å². The first-order valence-corrected chi connectivity index (χ1v) is 9.79. The minimum absolute atomic E-state index is 0.257. The molecule has 8 heteroatoms. The second kappa shape index (κ2) is 7.65. The Morgan fingerprint density at radius 2 is 1.86 bits per heavy atom. The van der Waals surface area contributed by atoms with Gasteiger partial charge in [0.25, 0.3) is 17.4 Å². The van der Waals surface area contributed by atoms with Crippen molar-refractivity contribution < 1.29 is 18.7 Å². The smallest absolute Gasteiger partial charge is 0.278 e. The van der Waals surface area contributed by atoms with Gasteiger partial charge in [-0.1, -0.05) is 23.7 Å². The third kappa shape index (κ3) is 3.93. The third-order valence-corrected chi connectivity index (χ3v) is 5.56. The van der Waals surface area contributed by atoms with E-state index in [1.807, 2.05) is 0 Å². The highest BCUT2D eigenvalue weighted by molar-refractivity contribution is 6.31. The fourth-order valence-electron chi connectivity index (χ4n) is 3.60. The molecule has 1 N–H and O–H groups in total. The van der Waals surface area contributed by atoms with Crippen LogP contribution in [0.25, 0.3) is 0 Å². The van der Waals surface area contributed by atoms with Crippen LogP contribution in [-0.2, 0) is 16.1 Å². The van der Waals surface area contributed by atoms with Crippen LogP contribution in [-0.4, -0.2) is 53.4 Å². The van der Waals surface area contributed by atoms with Crippen molar-refractivity contribution >= 4 is 29.1 Å². The summed E-state index contributed by atoms with van der Waals surface area (Å²) in [4.78, 5) is 29.6. The molecule has 0 spiro atoms. The van der Waals surface area contributed by atoms with Gasteiger partial charge in [-0.2, -0.15) is 0 Å². The van der Waals surface area contributed by atoms with E-state index in [0.717, 1.165) is 5.56 Å². The minimum atomic E-state index is -1.63. The molecule has 1 fully saturated rings. The van der Waals surface area contributed by atoms with Gasteiger partial charge < -0.3 is 15.0 Å². The van der Waals surface area contributed by atoms with E-state index in [0.29, 0.717) is 49.2 Å². The first-order chi connectivity index (χ1) is 13.8. The van der Waals surface area contributed by atoms with Crippen molar-refractivity contribution in [1.82, 2.24) is 9.80 Å². The zero-order valence-corrected chi connectivity index (χ0v) is 16.7. The molecular weight excluding hydrogens is 397 g/mol. The molecule has 29 heavy (non-hydrogen) atoms. The third-order valence-electron chi connectivity index (χ3n) is 5.32. The Bertz CT molecular complexity index is 945. The standard InChI is InChI=1S/C21H21ClFN3O3/c1-21(19(27)24-17-12-15(22)4-7-18(17)29-21)20(28)26-10-8-25(9-11-26)13-14-2-5-16(23)6-3-14/h2-7,12H,8-11,13H2,1H3,(H,24,27). The van der Waals surface area contributed by atoms with Crippen molar-refractivity contribution in [2.45, 2.75) is 19.1 Å². The molecule has 0 aromatic heterocycles. The van der Waals surface area contributed by atoms with E-state index < -0.39 is 11.5 Å². The lowest BCUT2D eigenvalue weighted by molar-refractivity contribution is -0.155. The van der Waals surface area contributed by atoms with Crippen molar-refractivity contribution in [3.63, 3.8) is 0 Å². The van der Waals surface area contributed by atoms with Gasteiger partial charge in [0.05, 0.1) is 5.69 Å². The van der Waals surface area contributed by atoms with E-state index in [9.17, 15) is 14.0 Å². The summed E-state index contributed by atoms with van der Waals surface area (Å²) in [6.07, 6.45) is 0. The maximum absolute atomic E-state index is 13.1. The second-order valence-electron chi connectivity index (χ2n) is 7.42. The van der Waals surface area contributed by atoms with Gasteiger partial charge in [-0.25, -0.2) is 4.39 Å². The molecule has 2 aliphatic heterocycles. The summed E-state index contributed by atoms with van der Waals surface area (Å²) in [6.45, 7) is 4.47. The maximum atomic E-state index is 13.1. The van der Waals surface area contributed by atoms with Gasteiger partial charge in [0.1, 0.15) is 11.6 Å². The fraction of sp³-hybridized carbons (Fsp3) is 0.333. The van der Waals surface area contributed by atoms with E-state index in [2.05, 4.69) is 10.2 Å². The summed E-state index contributed by atoms with van der Waals surface area (Å²) < 4.78 is 18.9. The number of piperazine rings is 1. The molecule has 2 amide bonds. The molecule has 2 aromatic rings. The molecule has 2 heterocycles. The number of anilines is 1. The molecule has 4 rings (SSSR count). The Hall–Kier alpha value is -2.64. The highest BCUT2D eigenvalue weighted by Gasteiger charge is 2.49. The number of halogens is 2.